The van der Waals surface area contributed by atoms with Gasteiger partial charge in [-0.15, -0.1) is 0 Å². The quantitative estimate of drug-likeness (QED) is 0.0985. The summed E-state index contributed by atoms with van der Waals surface area (Å²) in [5.74, 6) is 7.90. The first kappa shape index (κ1) is 44.8. The van der Waals surface area contributed by atoms with Crippen LogP contribution in [0.15, 0.2) is 71.7 Å². The van der Waals surface area contributed by atoms with Gasteiger partial charge in [-0.25, -0.2) is 5.10 Å². The molecule has 7 N–H and O–H groups in total. The average molecular weight is 729 g/mol. The predicted octanol–water partition coefficient (Wildman–Crippen LogP) is 7.78. The number of benzene rings is 3. The fourth-order valence-electron chi connectivity index (χ4n) is 5.59. The molecule has 0 radical (unpaired) electrons. The Balaban J connectivity index is 0.000000270. The van der Waals surface area contributed by atoms with Crippen molar-refractivity contribution in [2.24, 2.45) is 11.7 Å². The summed E-state index contributed by atoms with van der Waals surface area (Å²) in [5.41, 5.74) is 5.16. The minimum absolute atomic E-state index is 0.00689. The Labute approximate surface area is 316 Å². The number of aromatic amines is 1. The fourth-order valence-corrected chi connectivity index (χ4v) is 5.59. The Morgan fingerprint density at radius 3 is 1.66 bits per heavy atom. The van der Waals surface area contributed by atoms with E-state index in [1.165, 1.54) is 11.1 Å². The van der Waals surface area contributed by atoms with Crippen molar-refractivity contribution in [1.82, 2.24) is 20.4 Å². The number of carbonyl (C=O) groups excluding carboxylic acids is 2. The molecule has 0 bridgehead atoms. The standard InChI is InChI=1S/C16H23NO2.C15H23NO.C12H14N2O.H4N2/c1-15(2,3)10-7-8-11-12(9-10)14(19)17(13(11)18)16(4,5)6;1-14(2,3)12-9-7-11(8-10-12)13(17)16-15(4,5)6;1-12(2,3)9-4-5-10-8(6-9)7-13-14-11(10)15;1-2/h7-9,14,19H,1-6H3;7-10H,1-6H3,(H,16,17);4-7H,1-3H3,(H,14,15);1-2H2. The zero-order valence-corrected chi connectivity index (χ0v) is 34.6. The van der Waals surface area contributed by atoms with Gasteiger partial charge in [-0.1, -0.05) is 86.6 Å². The Kier molecular flexibility index (Phi) is 14.1. The van der Waals surface area contributed by atoms with Crippen LogP contribution in [0.2, 0.25) is 0 Å². The van der Waals surface area contributed by atoms with E-state index in [1.54, 1.807) is 11.1 Å². The third-order valence-corrected chi connectivity index (χ3v) is 8.65. The molecule has 5 rings (SSSR count). The molecule has 10 heteroatoms. The number of hydrazine groups is 1. The summed E-state index contributed by atoms with van der Waals surface area (Å²) in [4.78, 5) is 37.3. The van der Waals surface area contributed by atoms with Crippen LogP contribution in [0.1, 0.15) is 153 Å². The minimum Gasteiger partial charge on any atom is -0.369 e. The molecule has 1 atom stereocenters. The maximum absolute atomic E-state index is 12.4. The number of carbonyl (C=O) groups is 2. The van der Waals surface area contributed by atoms with Crippen molar-refractivity contribution in [3.8, 4) is 0 Å². The van der Waals surface area contributed by atoms with E-state index in [4.69, 9.17) is 0 Å². The highest BCUT2D eigenvalue weighted by atomic mass is 16.3. The van der Waals surface area contributed by atoms with Gasteiger partial charge >= 0.3 is 0 Å². The molecule has 10 nitrogen and oxygen atoms in total. The molecule has 53 heavy (non-hydrogen) atoms. The average Bonchev–Trinajstić information content (AvgIpc) is 3.29. The zero-order chi connectivity index (χ0) is 40.9. The number of hydrogen-bond acceptors (Lipinski definition) is 7. The summed E-state index contributed by atoms with van der Waals surface area (Å²) in [6.45, 7) is 31.1. The molecule has 290 valence electrons. The molecule has 0 aliphatic carbocycles. The van der Waals surface area contributed by atoms with Gasteiger partial charge in [0.25, 0.3) is 17.4 Å². The molecule has 1 aliphatic rings. The van der Waals surface area contributed by atoms with Crippen molar-refractivity contribution < 1.29 is 14.7 Å². The van der Waals surface area contributed by atoms with Gasteiger partial charge in [-0.2, -0.15) is 5.10 Å². The summed E-state index contributed by atoms with van der Waals surface area (Å²) in [6, 6.07) is 19.5. The highest BCUT2D eigenvalue weighted by Crippen LogP contribution is 2.39. The van der Waals surface area contributed by atoms with Crippen molar-refractivity contribution >= 4 is 22.6 Å². The lowest BCUT2D eigenvalue weighted by atomic mass is 9.85. The third-order valence-electron chi connectivity index (χ3n) is 8.65. The number of amides is 2. The molecule has 0 spiro atoms. The number of aliphatic hydroxyl groups is 1. The Morgan fingerprint density at radius 2 is 1.19 bits per heavy atom. The lowest BCUT2D eigenvalue weighted by Crippen LogP contribution is -2.43. The molecule has 0 saturated carbocycles. The number of fused-ring (bicyclic) bond motifs is 2. The van der Waals surface area contributed by atoms with E-state index in [0.29, 0.717) is 16.5 Å². The molecule has 4 aromatic rings. The van der Waals surface area contributed by atoms with Gasteiger partial charge in [-0.3, -0.25) is 26.1 Å². The number of nitrogens with zero attached hydrogens (tertiary/aromatic N) is 2. The van der Waals surface area contributed by atoms with E-state index in [1.807, 2.05) is 102 Å². The second-order valence-corrected chi connectivity index (χ2v) is 18.6. The molecule has 0 saturated heterocycles. The Hall–Kier alpha value is -4.38. The molecule has 3 aromatic carbocycles. The van der Waals surface area contributed by atoms with Gasteiger partial charge < -0.3 is 15.3 Å². The topological polar surface area (TPSA) is 167 Å². The van der Waals surface area contributed by atoms with Gasteiger partial charge in [0.05, 0.1) is 11.6 Å². The molecule has 1 aromatic heterocycles. The number of nitrogens with one attached hydrogen (secondary N) is 2. The van der Waals surface area contributed by atoms with E-state index in [9.17, 15) is 19.5 Å². The van der Waals surface area contributed by atoms with Crippen LogP contribution >= 0.6 is 0 Å². The maximum atomic E-state index is 12.4. The minimum atomic E-state index is -0.843. The molecule has 2 heterocycles. The smallest absolute Gasteiger partial charge is 0.272 e. The number of aliphatic hydroxyl groups excluding tert-OH is 1. The van der Waals surface area contributed by atoms with Crippen molar-refractivity contribution in [2.75, 3.05) is 0 Å². The fraction of sp³-hybridized carbons (Fsp3) is 0.488. The highest BCUT2D eigenvalue weighted by Gasteiger charge is 2.42. The monoisotopic (exact) mass is 728 g/mol. The second kappa shape index (κ2) is 16.7. The zero-order valence-electron chi connectivity index (χ0n) is 34.6. The van der Waals surface area contributed by atoms with Gasteiger partial charge in [0.15, 0.2) is 6.23 Å². The van der Waals surface area contributed by atoms with E-state index in [0.717, 1.165) is 16.5 Å². The number of H-pyrrole nitrogens is 1. The maximum Gasteiger partial charge on any atom is 0.272 e. The van der Waals surface area contributed by atoms with Gasteiger partial charge in [0.1, 0.15) is 0 Å². The summed E-state index contributed by atoms with van der Waals surface area (Å²) >= 11 is 0. The van der Waals surface area contributed by atoms with Crippen LogP contribution in [-0.4, -0.2) is 43.1 Å². The summed E-state index contributed by atoms with van der Waals surface area (Å²) < 4.78 is 0. The Bertz CT molecular complexity index is 1910. The predicted molar refractivity (Wildman–Crippen MR) is 218 cm³/mol. The van der Waals surface area contributed by atoms with Crippen molar-refractivity contribution in [3.05, 3.63) is 111 Å². The van der Waals surface area contributed by atoms with Crippen LogP contribution in [0.5, 0.6) is 0 Å². The molecular weight excluding hydrogens is 665 g/mol. The largest absolute Gasteiger partial charge is 0.369 e. The van der Waals surface area contributed by atoms with Gasteiger partial charge in [-0.05, 0) is 111 Å². The van der Waals surface area contributed by atoms with Crippen molar-refractivity contribution in [1.29, 1.82) is 0 Å². The van der Waals surface area contributed by atoms with E-state index in [2.05, 4.69) is 89.5 Å². The summed E-state index contributed by atoms with van der Waals surface area (Å²) in [6.07, 6.45) is 0.844. The number of nitrogens with two attached hydrogens (primary N) is 2. The van der Waals surface area contributed by atoms with Crippen LogP contribution < -0.4 is 22.6 Å². The lowest BCUT2D eigenvalue weighted by Gasteiger charge is -2.34. The van der Waals surface area contributed by atoms with Gasteiger partial charge in [0.2, 0.25) is 0 Å². The first-order valence-corrected chi connectivity index (χ1v) is 18.0. The Morgan fingerprint density at radius 1 is 0.717 bits per heavy atom. The van der Waals surface area contributed by atoms with Gasteiger partial charge in [0, 0.05) is 33.2 Å². The number of rotatable bonds is 1. The van der Waals surface area contributed by atoms with E-state index >= 15 is 0 Å². The third kappa shape index (κ3) is 12.1. The van der Waals surface area contributed by atoms with Crippen LogP contribution in [0.4, 0.5) is 0 Å². The van der Waals surface area contributed by atoms with Crippen LogP contribution in [-0.2, 0) is 16.2 Å². The number of hydrogen-bond donors (Lipinski definition) is 5. The molecular formula is C43H64N6O4. The highest BCUT2D eigenvalue weighted by molar-refractivity contribution is 5.99. The molecule has 1 aliphatic heterocycles. The van der Waals surface area contributed by atoms with Crippen LogP contribution in [0, 0.1) is 0 Å². The second-order valence-electron chi connectivity index (χ2n) is 18.6. The SMILES string of the molecule is CC(C)(C)NC(=O)c1ccc(C(C)(C)C)cc1.CC(C)(C)c1ccc2c(=O)[nH]ncc2c1.CC(C)(C)c1ccc2c(c1)C(O)N(C(C)(C)C)C2=O.NN. The molecule has 2 amide bonds. The molecule has 0 fully saturated rings. The van der Waals surface area contributed by atoms with Crippen molar-refractivity contribution in [3.63, 3.8) is 0 Å². The van der Waals surface area contributed by atoms with Crippen LogP contribution in [0.25, 0.3) is 10.8 Å². The number of aromatic nitrogens is 2. The van der Waals surface area contributed by atoms with E-state index in [-0.39, 0.29) is 39.2 Å². The summed E-state index contributed by atoms with van der Waals surface area (Å²) in [5, 5.41) is 21.2. The normalized spacial score (nSPS) is 14.6. The van der Waals surface area contributed by atoms with Crippen LogP contribution in [0.3, 0.4) is 0 Å². The first-order chi connectivity index (χ1) is 24.1. The van der Waals surface area contributed by atoms with E-state index < -0.39 is 11.8 Å². The summed E-state index contributed by atoms with van der Waals surface area (Å²) in [7, 11) is 0. The first-order valence-electron chi connectivity index (χ1n) is 18.0. The molecule has 1 unspecified atom stereocenters. The van der Waals surface area contributed by atoms with Crippen molar-refractivity contribution in [2.45, 2.75) is 137 Å². The lowest BCUT2D eigenvalue weighted by molar-refractivity contribution is -0.0228.